The number of rotatable bonds is 8. The van der Waals surface area contributed by atoms with E-state index in [2.05, 4.69) is 20.6 Å². The highest BCUT2D eigenvalue weighted by atomic mass is 19.1. The number of nitrogens with one attached hydrogen (secondary N) is 2. The Morgan fingerprint density at radius 1 is 1.09 bits per heavy atom. The number of halogens is 3. The Morgan fingerprint density at radius 2 is 1.84 bits per heavy atom. The Kier molecular flexibility index (Phi) is 9.07. The lowest BCUT2D eigenvalue weighted by Crippen LogP contribution is -2.39. The van der Waals surface area contributed by atoms with Crippen molar-refractivity contribution in [2.75, 3.05) is 18.5 Å². The van der Waals surface area contributed by atoms with Crippen LogP contribution in [0, 0.1) is 23.4 Å². The second-order valence-corrected chi connectivity index (χ2v) is 11.6. The van der Waals surface area contributed by atoms with Gasteiger partial charge in [-0.2, -0.15) is 0 Å². The lowest BCUT2D eigenvalue weighted by atomic mass is 9.76. The molecule has 5 rings (SSSR count). The lowest BCUT2D eigenvalue weighted by Gasteiger charge is -2.34. The van der Waals surface area contributed by atoms with Crippen LogP contribution < -0.4 is 15.4 Å². The highest BCUT2D eigenvalue weighted by Crippen LogP contribution is 2.39. The summed E-state index contributed by atoms with van der Waals surface area (Å²) in [6.07, 6.45) is 3.49. The molecule has 3 N–H and O–H groups in total. The number of ether oxygens (including phenoxy) is 3. The van der Waals surface area contributed by atoms with E-state index in [4.69, 9.17) is 14.2 Å². The fourth-order valence-corrected chi connectivity index (χ4v) is 5.84. The van der Waals surface area contributed by atoms with E-state index in [9.17, 15) is 19.1 Å². The minimum atomic E-state index is -1.13. The van der Waals surface area contributed by atoms with Crippen LogP contribution in [0.25, 0.3) is 11.3 Å². The molecule has 1 aromatic carbocycles. The van der Waals surface area contributed by atoms with Crippen LogP contribution in [0.4, 0.5) is 23.7 Å². The van der Waals surface area contributed by atoms with Gasteiger partial charge >= 0.3 is 6.09 Å². The van der Waals surface area contributed by atoms with Crippen molar-refractivity contribution >= 4 is 17.7 Å². The van der Waals surface area contributed by atoms with Crippen LogP contribution in [-0.2, 0) is 9.47 Å². The summed E-state index contributed by atoms with van der Waals surface area (Å²) in [5.41, 5.74) is -0.578. The van der Waals surface area contributed by atoms with Crippen LogP contribution in [0.5, 0.6) is 5.75 Å². The van der Waals surface area contributed by atoms with Crippen molar-refractivity contribution in [3.05, 3.63) is 71.4 Å². The topological polar surface area (TPSA) is 132 Å². The normalized spacial score (nSPS) is 22.8. The van der Waals surface area contributed by atoms with Gasteiger partial charge in [0.1, 0.15) is 47.3 Å². The molecule has 0 spiro atoms. The van der Waals surface area contributed by atoms with E-state index >= 15 is 8.78 Å². The maximum Gasteiger partial charge on any atom is 0.404 e. The van der Waals surface area contributed by atoms with E-state index in [1.54, 1.807) is 26.1 Å². The molecular weight excluding hydrogens is 581 g/mol. The summed E-state index contributed by atoms with van der Waals surface area (Å²) >= 11 is 0. The molecule has 234 valence electrons. The summed E-state index contributed by atoms with van der Waals surface area (Å²) in [5.74, 6) is -4.79. The van der Waals surface area contributed by atoms with Gasteiger partial charge in [0.05, 0.1) is 24.1 Å². The van der Waals surface area contributed by atoms with E-state index in [-0.39, 0.29) is 42.5 Å². The minimum Gasteiger partial charge on any atom is -0.491 e. The first kappa shape index (κ1) is 31.2. The van der Waals surface area contributed by atoms with Crippen LogP contribution in [-0.4, -0.2) is 58.2 Å². The van der Waals surface area contributed by atoms with Crippen molar-refractivity contribution < 1.29 is 42.1 Å². The number of aromatic nitrogens is 2. The van der Waals surface area contributed by atoms with Crippen molar-refractivity contribution in [3.63, 3.8) is 0 Å². The second-order valence-electron chi connectivity index (χ2n) is 11.6. The molecule has 2 aromatic heterocycles. The predicted molar refractivity (Wildman–Crippen MR) is 153 cm³/mol. The number of benzene rings is 1. The Balaban J connectivity index is 1.34. The van der Waals surface area contributed by atoms with Gasteiger partial charge in [0, 0.05) is 24.4 Å². The largest absolute Gasteiger partial charge is 0.491 e. The fourth-order valence-electron chi connectivity index (χ4n) is 5.84. The average Bonchev–Trinajstić information content (AvgIpc) is 3.30. The highest BCUT2D eigenvalue weighted by Gasteiger charge is 2.33. The van der Waals surface area contributed by atoms with Crippen LogP contribution >= 0.6 is 0 Å². The molecule has 0 bridgehead atoms. The molecular formula is C31H33F3N4O6. The summed E-state index contributed by atoms with van der Waals surface area (Å²) in [5, 5.41) is 14.5. The maximum absolute atomic E-state index is 15.1. The monoisotopic (exact) mass is 614 g/mol. The molecule has 44 heavy (non-hydrogen) atoms. The third-order valence-corrected chi connectivity index (χ3v) is 7.65. The van der Waals surface area contributed by atoms with Gasteiger partial charge in [-0.05, 0) is 68.7 Å². The second kappa shape index (κ2) is 12.8. The van der Waals surface area contributed by atoms with Gasteiger partial charge in [-0.1, -0.05) is 6.92 Å². The average molecular weight is 615 g/mol. The van der Waals surface area contributed by atoms with E-state index in [1.165, 1.54) is 6.20 Å². The van der Waals surface area contributed by atoms with Crippen LogP contribution in [0.3, 0.4) is 0 Å². The molecule has 13 heteroatoms. The molecule has 1 saturated heterocycles. The third-order valence-electron chi connectivity index (χ3n) is 7.65. The Labute approximate surface area is 252 Å². The molecule has 2 amide bonds. The summed E-state index contributed by atoms with van der Waals surface area (Å²) in [7, 11) is 0. The van der Waals surface area contributed by atoms with E-state index < -0.39 is 52.6 Å². The highest BCUT2D eigenvalue weighted by molar-refractivity contribution is 6.03. The molecule has 1 aliphatic heterocycles. The summed E-state index contributed by atoms with van der Waals surface area (Å²) in [6, 6.07) is 5.34. The van der Waals surface area contributed by atoms with Gasteiger partial charge in [0.2, 0.25) is 0 Å². The van der Waals surface area contributed by atoms with Crippen molar-refractivity contribution in [1.82, 2.24) is 15.3 Å². The van der Waals surface area contributed by atoms with E-state index in [0.717, 1.165) is 36.2 Å². The SMILES string of the molecule is C[C@@H]1C[C@H](NC(=O)O)C[C@H](c2ccncc2NC(=O)c2ccc(F)c(-c3c(F)cc(OCC4COC(C)(C)O4)cc3F)n2)C1. The van der Waals surface area contributed by atoms with Crippen LogP contribution in [0.1, 0.15) is 62.0 Å². The molecule has 3 aromatic rings. The van der Waals surface area contributed by atoms with E-state index in [0.29, 0.717) is 18.5 Å². The molecule has 1 aliphatic carbocycles. The number of nitrogens with zero attached hydrogens (tertiary/aromatic N) is 2. The van der Waals surface area contributed by atoms with Crippen LogP contribution in [0.15, 0.2) is 42.7 Å². The molecule has 3 heterocycles. The summed E-state index contributed by atoms with van der Waals surface area (Å²) in [6.45, 7) is 5.74. The lowest BCUT2D eigenvalue weighted by molar-refractivity contribution is -0.141. The van der Waals surface area contributed by atoms with Gasteiger partial charge in [0.15, 0.2) is 5.79 Å². The van der Waals surface area contributed by atoms with Gasteiger partial charge in [0.25, 0.3) is 5.91 Å². The first-order chi connectivity index (χ1) is 20.9. The zero-order valence-electron chi connectivity index (χ0n) is 24.4. The van der Waals surface area contributed by atoms with E-state index in [1.807, 2.05) is 6.92 Å². The molecule has 2 aliphatic rings. The van der Waals surface area contributed by atoms with Crippen molar-refractivity contribution in [2.24, 2.45) is 5.92 Å². The third kappa shape index (κ3) is 7.28. The first-order valence-corrected chi connectivity index (χ1v) is 14.2. The number of carbonyl (C=O) groups is 2. The number of anilines is 1. The van der Waals surface area contributed by atoms with Gasteiger partial charge in [-0.25, -0.2) is 22.9 Å². The number of carboxylic acid groups (broad SMARTS) is 1. The molecule has 2 fully saturated rings. The van der Waals surface area contributed by atoms with Gasteiger partial charge in [-0.3, -0.25) is 9.78 Å². The quantitative estimate of drug-likeness (QED) is 0.287. The maximum atomic E-state index is 15.1. The molecule has 1 saturated carbocycles. The van der Waals surface area contributed by atoms with Gasteiger partial charge in [-0.15, -0.1) is 0 Å². The van der Waals surface area contributed by atoms with Crippen molar-refractivity contribution in [1.29, 1.82) is 0 Å². The molecule has 4 atom stereocenters. The summed E-state index contributed by atoms with van der Waals surface area (Å²) in [4.78, 5) is 32.6. The summed E-state index contributed by atoms with van der Waals surface area (Å²) < 4.78 is 61.7. The number of carbonyl (C=O) groups excluding carboxylic acids is 1. The molecule has 0 radical (unpaired) electrons. The van der Waals surface area contributed by atoms with Gasteiger partial charge < -0.3 is 30.0 Å². The predicted octanol–water partition coefficient (Wildman–Crippen LogP) is 5.88. The zero-order chi connectivity index (χ0) is 31.6. The fraction of sp³-hybridized carbons (Fsp3) is 0.419. The number of hydrogen-bond acceptors (Lipinski definition) is 7. The van der Waals surface area contributed by atoms with Crippen molar-refractivity contribution in [2.45, 2.75) is 63.9 Å². The zero-order valence-corrected chi connectivity index (χ0v) is 24.4. The Bertz CT molecular complexity index is 1530. The standard InChI is InChI=1S/C31H33F3N4O6/c1-16-8-17(10-18(9-16)36-30(40)41)21-6-7-35-13-26(21)38-29(39)25-5-4-22(32)28(37-25)27-23(33)11-19(12-24(27)34)42-14-20-15-43-31(2,3)44-20/h4-7,11-13,16-18,20,36H,8-10,14-15H2,1-3H3,(H,38,39)(H,40,41)/t16-,17+,18-,20?/m0/s1. The number of pyridine rings is 2. The molecule has 1 unspecified atom stereocenters. The van der Waals surface area contributed by atoms with Crippen molar-refractivity contribution in [3.8, 4) is 17.0 Å². The number of hydrogen-bond donors (Lipinski definition) is 3. The Hall–Kier alpha value is -4.23. The number of amides is 2. The minimum absolute atomic E-state index is 0.0171. The molecule has 10 nitrogen and oxygen atoms in total. The smallest absolute Gasteiger partial charge is 0.404 e. The Morgan fingerprint density at radius 3 is 2.52 bits per heavy atom. The van der Waals surface area contributed by atoms with Crippen LogP contribution in [0.2, 0.25) is 0 Å². The first-order valence-electron chi connectivity index (χ1n) is 14.2.